The summed E-state index contributed by atoms with van der Waals surface area (Å²) in [5, 5.41) is 2.48. The summed E-state index contributed by atoms with van der Waals surface area (Å²) in [6.45, 7) is 0. The molecule has 0 unspecified atom stereocenters. The van der Waals surface area contributed by atoms with Gasteiger partial charge in [-0.2, -0.15) is 0 Å². The molecule has 0 aromatic carbocycles. The van der Waals surface area contributed by atoms with Gasteiger partial charge in [-0.3, -0.25) is 4.79 Å². The van der Waals surface area contributed by atoms with Gasteiger partial charge in [0.2, 0.25) is 0 Å². The number of hydrogen-bond acceptors (Lipinski definition) is 2. The fraction of sp³-hybridized carbons (Fsp3) is 0.333. The van der Waals surface area contributed by atoms with E-state index in [0.717, 1.165) is 0 Å². The summed E-state index contributed by atoms with van der Waals surface area (Å²) in [7, 11) is 3.40. The average Bonchev–Trinajstić information content (AvgIpc) is 2.34. The third kappa shape index (κ3) is 1.15. The number of carbonyl (C=O) groups excluding carboxylic acids is 1. The standard InChI is InChI=1S/C6H9N3O/c1-7-6(10)5-3-9(2)4-8-5/h3-4H,1-2H3,(H,7,10). The van der Waals surface area contributed by atoms with E-state index in [1.807, 2.05) is 7.05 Å². The normalized spacial score (nSPS) is 9.40. The number of imidazole rings is 1. The van der Waals surface area contributed by atoms with Crippen molar-refractivity contribution in [3.05, 3.63) is 18.2 Å². The predicted octanol–water partition coefficient (Wildman–Crippen LogP) is -0.220. The minimum atomic E-state index is -0.152. The van der Waals surface area contributed by atoms with Gasteiger partial charge in [0.1, 0.15) is 5.69 Å². The van der Waals surface area contributed by atoms with Crippen molar-refractivity contribution in [3.8, 4) is 0 Å². The number of amides is 1. The van der Waals surface area contributed by atoms with Crippen molar-refractivity contribution >= 4 is 5.91 Å². The first-order chi connectivity index (χ1) is 4.74. The van der Waals surface area contributed by atoms with Crippen LogP contribution >= 0.6 is 0 Å². The molecule has 4 heteroatoms. The zero-order valence-corrected chi connectivity index (χ0v) is 5.96. The second-order valence-corrected chi connectivity index (χ2v) is 2.00. The summed E-state index contributed by atoms with van der Waals surface area (Å²) in [5.74, 6) is -0.152. The Hall–Kier alpha value is -1.32. The van der Waals surface area contributed by atoms with E-state index in [1.165, 1.54) is 0 Å². The lowest BCUT2D eigenvalue weighted by Crippen LogP contribution is -2.17. The molecule has 54 valence electrons. The fourth-order valence-electron chi connectivity index (χ4n) is 0.658. The molecule has 1 aromatic rings. The van der Waals surface area contributed by atoms with Crippen LogP contribution in [0.15, 0.2) is 12.5 Å². The molecule has 0 atom stereocenters. The molecule has 0 bridgehead atoms. The van der Waals surface area contributed by atoms with Crippen LogP contribution in [0.1, 0.15) is 10.5 Å². The summed E-state index contributed by atoms with van der Waals surface area (Å²) < 4.78 is 1.73. The molecular formula is C6H9N3O. The molecule has 1 amide bonds. The molecule has 1 aromatic heterocycles. The number of nitrogens with zero attached hydrogens (tertiary/aromatic N) is 2. The quantitative estimate of drug-likeness (QED) is 0.584. The fourth-order valence-corrected chi connectivity index (χ4v) is 0.658. The highest BCUT2D eigenvalue weighted by Crippen LogP contribution is 1.91. The number of nitrogens with one attached hydrogen (secondary N) is 1. The van der Waals surface area contributed by atoms with E-state index in [1.54, 1.807) is 24.1 Å². The van der Waals surface area contributed by atoms with Crippen LogP contribution in [0.5, 0.6) is 0 Å². The topological polar surface area (TPSA) is 46.9 Å². The number of hydrogen-bond donors (Lipinski definition) is 1. The molecule has 10 heavy (non-hydrogen) atoms. The molecule has 0 aliphatic rings. The highest BCUT2D eigenvalue weighted by atomic mass is 16.1. The Balaban J connectivity index is 2.85. The van der Waals surface area contributed by atoms with Gasteiger partial charge in [0.15, 0.2) is 0 Å². The van der Waals surface area contributed by atoms with Crippen LogP contribution in [0.25, 0.3) is 0 Å². The Morgan fingerprint density at radius 2 is 2.50 bits per heavy atom. The number of carbonyl (C=O) groups is 1. The maximum absolute atomic E-state index is 10.8. The van der Waals surface area contributed by atoms with Gasteiger partial charge in [0.05, 0.1) is 6.33 Å². The van der Waals surface area contributed by atoms with Crippen molar-refractivity contribution < 1.29 is 4.79 Å². The lowest BCUT2D eigenvalue weighted by molar-refractivity contribution is 0.0958. The van der Waals surface area contributed by atoms with E-state index in [-0.39, 0.29) is 5.91 Å². The van der Waals surface area contributed by atoms with Crippen LogP contribution in [0, 0.1) is 0 Å². The van der Waals surface area contributed by atoms with Gasteiger partial charge in [-0.25, -0.2) is 4.98 Å². The molecule has 1 N–H and O–H groups in total. The van der Waals surface area contributed by atoms with Crippen LogP contribution < -0.4 is 5.32 Å². The van der Waals surface area contributed by atoms with Crippen LogP contribution in [-0.4, -0.2) is 22.5 Å². The summed E-state index contributed by atoms with van der Waals surface area (Å²) in [5.41, 5.74) is 0.449. The van der Waals surface area contributed by atoms with Crippen LogP contribution in [-0.2, 0) is 7.05 Å². The van der Waals surface area contributed by atoms with Crippen molar-refractivity contribution in [1.82, 2.24) is 14.9 Å². The molecular weight excluding hydrogens is 130 g/mol. The summed E-state index contributed by atoms with van der Waals surface area (Å²) in [4.78, 5) is 14.7. The van der Waals surface area contributed by atoms with Gasteiger partial charge in [0.25, 0.3) is 5.91 Å². The molecule has 1 rings (SSSR count). The van der Waals surface area contributed by atoms with Gasteiger partial charge in [-0.15, -0.1) is 0 Å². The van der Waals surface area contributed by atoms with Crippen molar-refractivity contribution in [2.24, 2.45) is 7.05 Å². The van der Waals surface area contributed by atoms with E-state index >= 15 is 0 Å². The van der Waals surface area contributed by atoms with Gasteiger partial charge in [-0.05, 0) is 0 Å². The van der Waals surface area contributed by atoms with E-state index in [4.69, 9.17) is 0 Å². The molecule has 0 spiro atoms. The maximum Gasteiger partial charge on any atom is 0.271 e. The first-order valence-corrected chi connectivity index (χ1v) is 2.94. The molecule has 0 fully saturated rings. The Bertz CT molecular complexity index is 241. The lowest BCUT2D eigenvalue weighted by Gasteiger charge is -1.90. The zero-order chi connectivity index (χ0) is 7.56. The third-order valence-corrected chi connectivity index (χ3v) is 1.16. The van der Waals surface area contributed by atoms with E-state index in [2.05, 4.69) is 10.3 Å². The third-order valence-electron chi connectivity index (χ3n) is 1.16. The van der Waals surface area contributed by atoms with E-state index in [0.29, 0.717) is 5.69 Å². The molecule has 0 radical (unpaired) electrons. The molecule has 0 saturated carbocycles. The molecule has 0 aliphatic heterocycles. The maximum atomic E-state index is 10.8. The SMILES string of the molecule is CNC(=O)c1cn(C)cn1. The molecule has 4 nitrogen and oxygen atoms in total. The lowest BCUT2D eigenvalue weighted by atomic mass is 10.4. The highest BCUT2D eigenvalue weighted by molar-refractivity contribution is 5.91. The largest absolute Gasteiger partial charge is 0.354 e. The van der Waals surface area contributed by atoms with Crippen molar-refractivity contribution in [1.29, 1.82) is 0 Å². The molecule has 0 aliphatic carbocycles. The first-order valence-electron chi connectivity index (χ1n) is 2.94. The number of rotatable bonds is 1. The van der Waals surface area contributed by atoms with Gasteiger partial charge < -0.3 is 9.88 Å². The van der Waals surface area contributed by atoms with Gasteiger partial charge in [-0.1, -0.05) is 0 Å². The average molecular weight is 139 g/mol. The smallest absolute Gasteiger partial charge is 0.271 e. The monoisotopic (exact) mass is 139 g/mol. The zero-order valence-electron chi connectivity index (χ0n) is 5.96. The predicted molar refractivity (Wildman–Crippen MR) is 36.6 cm³/mol. The highest BCUT2D eigenvalue weighted by Gasteiger charge is 2.03. The van der Waals surface area contributed by atoms with Crippen molar-refractivity contribution in [2.75, 3.05) is 7.05 Å². The molecule has 1 heterocycles. The second kappa shape index (κ2) is 2.51. The summed E-state index contributed by atoms with van der Waals surface area (Å²) in [6.07, 6.45) is 3.25. The van der Waals surface area contributed by atoms with E-state index < -0.39 is 0 Å². The Labute approximate surface area is 58.9 Å². The molecule has 0 saturated heterocycles. The Morgan fingerprint density at radius 1 is 1.80 bits per heavy atom. The second-order valence-electron chi connectivity index (χ2n) is 2.00. The number of aromatic nitrogens is 2. The summed E-state index contributed by atoms with van der Waals surface area (Å²) in [6, 6.07) is 0. The van der Waals surface area contributed by atoms with Crippen LogP contribution in [0.3, 0.4) is 0 Å². The summed E-state index contributed by atoms with van der Waals surface area (Å²) >= 11 is 0. The minimum Gasteiger partial charge on any atom is -0.354 e. The van der Waals surface area contributed by atoms with E-state index in [9.17, 15) is 4.79 Å². The first kappa shape index (κ1) is 6.80. The van der Waals surface area contributed by atoms with Gasteiger partial charge >= 0.3 is 0 Å². The Morgan fingerprint density at radius 3 is 2.90 bits per heavy atom. The minimum absolute atomic E-state index is 0.152. The Kier molecular flexibility index (Phi) is 1.71. The van der Waals surface area contributed by atoms with Crippen molar-refractivity contribution in [3.63, 3.8) is 0 Å². The van der Waals surface area contributed by atoms with Crippen LogP contribution in [0.4, 0.5) is 0 Å². The van der Waals surface area contributed by atoms with Crippen molar-refractivity contribution in [2.45, 2.75) is 0 Å². The van der Waals surface area contributed by atoms with Crippen LogP contribution in [0.2, 0.25) is 0 Å². The van der Waals surface area contributed by atoms with Gasteiger partial charge in [0, 0.05) is 20.3 Å². The number of aryl methyl sites for hydroxylation is 1.